The molecule has 0 spiro atoms. The molecule has 3 unspecified atom stereocenters. The van der Waals surface area contributed by atoms with Crippen LogP contribution in [0, 0.1) is 0 Å². The molecule has 2 aliphatic heterocycles. The first kappa shape index (κ1) is 12.0. The molecule has 1 saturated heterocycles. The molecule has 1 aromatic carbocycles. The molecule has 0 radical (unpaired) electrons. The van der Waals surface area contributed by atoms with Crippen molar-refractivity contribution < 1.29 is 9.47 Å². The highest BCUT2D eigenvalue weighted by Gasteiger charge is 2.33. The fourth-order valence-corrected chi connectivity index (χ4v) is 2.96. The van der Waals surface area contributed by atoms with Gasteiger partial charge in [-0.1, -0.05) is 18.2 Å². The molecule has 4 heteroatoms. The molecule has 0 saturated carbocycles. The van der Waals surface area contributed by atoms with E-state index < -0.39 is 0 Å². The third-order valence-corrected chi connectivity index (χ3v) is 3.90. The highest BCUT2D eigenvalue weighted by molar-refractivity contribution is 5.46. The van der Waals surface area contributed by atoms with Crippen LogP contribution >= 0.6 is 0 Å². The Morgan fingerprint density at radius 2 is 2.28 bits per heavy atom. The summed E-state index contributed by atoms with van der Waals surface area (Å²) in [7, 11) is 0. The lowest BCUT2D eigenvalue weighted by molar-refractivity contribution is 0.0310. The van der Waals surface area contributed by atoms with Crippen molar-refractivity contribution in [1.82, 2.24) is 5.43 Å². The van der Waals surface area contributed by atoms with E-state index in [0.717, 1.165) is 37.2 Å². The number of nitrogens with two attached hydrogens (primary N) is 1. The van der Waals surface area contributed by atoms with Crippen LogP contribution in [0.15, 0.2) is 18.2 Å². The van der Waals surface area contributed by atoms with Crippen molar-refractivity contribution in [2.45, 2.75) is 44.4 Å². The summed E-state index contributed by atoms with van der Waals surface area (Å²) in [5, 5.41) is 0. The van der Waals surface area contributed by atoms with E-state index in [2.05, 4.69) is 30.5 Å². The van der Waals surface area contributed by atoms with Crippen LogP contribution in [0.4, 0.5) is 0 Å². The second kappa shape index (κ2) is 4.88. The van der Waals surface area contributed by atoms with Crippen molar-refractivity contribution in [3.05, 3.63) is 29.3 Å². The summed E-state index contributed by atoms with van der Waals surface area (Å²) in [5.74, 6) is 6.74. The number of nitrogens with one attached hydrogen (secondary N) is 1. The zero-order valence-corrected chi connectivity index (χ0v) is 10.7. The lowest BCUT2D eigenvalue weighted by Gasteiger charge is -2.24. The van der Waals surface area contributed by atoms with Gasteiger partial charge in [-0.3, -0.25) is 11.3 Å². The van der Waals surface area contributed by atoms with Crippen LogP contribution in [0.2, 0.25) is 0 Å². The van der Waals surface area contributed by atoms with E-state index in [9.17, 15) is 0 Å². The first-order valence-electron chi connectivity index (χ1n) is 6.65. The fourth-order valence-electron chi connectivity index (χ4n) is 2.96. The molecule has 0 amide bonds. The Labute approximate surface area is 107 Å². The van der Waals surface area contributed by atoms with Crippen LogP contribution < -0.4 is 16.0 Å². The zero-order chi connectivity index (χ0) is 12.5. The third kappa shape index (κ3) is 2.00. The summed E-state index contributed by atoms with van der Waals surface area (Å²) in [6.45, 7) is 2.88. The van der Waals surface area contributed by atoms with Gasteiger partial charge in [0.05, 0.1) is 24.9 Å². The number of hydrogen-bond donors (Lipinski definition) is 2. The van der Waals surface area contributed by atoms with Gasteiger partial charge in [0.2, 0.25) is 0 Å². The first-order valence-corrected chi connectivity index (χ1v) is 6.65. The molecule has 3 rings (SSSR count). The molecular formula is C14H20N2O2. The average molecular weight is 248 g/mol. The van der Waals surface area contributed by atoms with Crippen molar-refractivity contribution >= 4 is 0 Å². The van der Waals surface area contributed by atoms with Gasteiger partial charge in [-0.25, -0.2) is 0 Å². The van der Waals surface area contributed by atoms with Crippen LogP contribution in [0.5, 0.6) is 5.75 Å². The average Bonchev–Trinajstić information content (AvgIpc) is 2.99. The number of para-hydroxylation sites is 1. The molecule has 0 bridgehead atoms. The van der Waals surface area contributed by atoms with E-state index in [1.807, 2.05) is 0 Å². The molecule has 0 aromatic heterocycles. The smallest absolute Gasteiger partial charge is 0.127 e. The molecule has 2 heterocycles. The minimum atomic E-state index is 0.0167. The van der Waals surface area contributed by atoms with Crippen molar-refractivity contribution in [2.24, 2.45) is 5.84 Å². The van der Waals surface area contributed by atoms with Crippen molar-refractivity contribution in [1.29, 1.82) is 0 Å². The van der Waals surface area contributed by atoms with Crippen LogP contribution in [-0.2, 0) is 11.2 Å². The normalized spacial score (nSPS) is 27.9. The second-order valence-electron chi connectivity index (χ2n) is 5.14. The van der Waals surface area contributed by atoms with Crippen LogP contribution in [0.25, 0.3) is 0 Å². The minimum absolute atomic E-state index is 0.0167. The van der Waals surface area contributed by atoms with Gasteiger partial charge in [0, 0.05) is 12.0 Å². The lowest BCUT2D eigenvalue weighted by atomic mass is 9.96. The molecule has 3 atom stereocenters. The molecule has 0 aliphatic carbocycles. The molecule has 18 heavy (non-hydrogen) atoms. The summed E-state index contributed by atoms with van der Waals surface area (Å²) in [5.41, 5.74) is 5.31. The van der Waals surface area contributed by atoms with Gasteiger partial charge < -0.3 is 9.47 Å². The van der Waals surface area contributed by atoms with Crippen LogP contribution in [0.3, 0.4) is 0 Å². The summed E-state index contributed by atoms with van der Waals surface area (Å²) >= 11 is 0. The van der Waals surface area contributed by atoms with E-state index in [-0.39, 0.29) is 12.1 Å². The Morgan fingerprint density at radius 3 is 3.00 bits per heavy atom. The van der Waals surface area contributed by atoms with Gasteiger partial charge in [0.1, 0.15) is 5.75 Å². The summed E-state index contributed by atoms with van der Waals surface area (Å²) in [6.07, 6.45) is 3.59. The van der Waals surface area contributed by atoms with Gasteiger partial charge in [0.15, 0.2) is 0 Å². The number of hydrogen-bond acceptors (Lipinski definition) is 4. The quantitative estimate of drug-likeness (QED) is 0.631. The van der Waals surface area contributed by atoms with Crippen molar-refractivity contribution in [2.75, 3.05) is 6.61 Å². The topological polar surface area (TPSA) is 56.5 Å². The Balaban J connectivity index is 1.90. The van der Waals surface area contributed by atoms with Crippen LogP contribution in [-0.4, -0.2) is 18.8 Å². The van der Waals surface area contributed by atoms with Gasteiger partial charge in [-0.15, -0.1) is 0 Å². The largest absolute Gasteiger partial charge is 0.493 e. The molecule has 98 valence electrons. The number of ether oxygens (including phenoxy) is 2. The SMILES string of the molecule is CC1CCC(C(NN)c2cccc3c2OCC3)O1. The Kier molecular flexibility index (Phi) is 3.24. The van der Waals surface area contributed by atoms with Gasteiger partial charge in [-0.2, -0.15) is 0 Å². The number of fused-ring (bicyclic) bond motifs is 1. The van der Waals surface area contributed by atoms with Gasteiger partial charge in [0.25, 0.3) is 0 Å². The van der Waals surface area contributed by atoms with Crippen LogP contribution in [0.1, 0.15) is 36.9 Å². The van der Waals surface area contributed by atoms with Gasteiger partial charge >= 0.3 is 0 Å². The zero-order valence-electron chi connectivity index (χ0n) is 10.7. The van der Waals surface area contributed by atoms with Crippen molar-refractivity contribution in [3.63, 3.8) is 0 Å². The summed E-state index contributed by atoms with van der Waals surface area (Å²) < 4.78 is 11.7. The molecule has 3 N–H and O–H groups in total. The number of benzene rings is 1. The summed E-state index contributed by atoms with van der Waals surface area (Å²) in [4.78, 5) is 0. The minimum Gasteiger partial charge on any atom is -0.493 e. The maximum atomic E-state index is 5.93. The third-order valence-electron chi connectivity index (χ3n) is 3.90. The van der Waals surface area contributed by atoms with Crippen molar-refractivity contribution in [3.8, 4) is 5.75 Å². The molecule has 2 aliphatic rings. The van der Waals surface area contributed by atoms with E-state index in [4.69, 9.17) is 15.3 Å². The number of hydrazine groups is 1. The van der Waals surface area contributed by atoms with E-state index in [1.54, 1.807) is 0 Å². The first-order chi connectivity index (χ1) is 8.79. The molecule has 1 fully saturated rings. The Hall–Kier alpha value is -1.10. The number of rotatable bonds is 3. The van der Waals surface area contributed by atoms with E-state index >= 15 is 0 Å². The summed E-state index contributed by atoms with van der Waals surface area (Å²) in [6, 6.07) is 6.30. The highest BCUT2D eigenvalue weighted by Crippen LogP contribution is 2.38. The van der Waals surface area contributed by atoms with E-state index in [1.165, 1.54) is 5.56 Å². The molecule has 4 nitrogen and oxygen atoms in total. The standard InChI is InChI=1S/C14H20N2O2/c1-9-5-6-12(18-9)13(16-15)11-4-2-3-10-7-8-17-14(10)11/h2-4,9,12-13,16H,5-8,15H2,1H3. The lowest BCUT2D eigenvalue weighted by Crippen LogP contribution is -2.36. The Morgan fingerprint density at radius 1 is 1.39 bits per heavy atom. The maximum absolute atomic E-state index is 5.93. The molecular weight excluding hydrogens is 228 g/mol. The van der Waals surface area contributed by atoms with E-state index in [0.29, 0.717) is 6.10 Å². The fraction of sp³-hybridized carbons (Fsp3) is 0.571. The molecule has 1 aromatic rings. The highest BCUT2D eigenvalue weighted by atomic mass is 16.5. The predicted octanol–water partition coefficient (Wildman–Crippen LogP) is 1.69. The predicted molar refractivity (Wildman–Crippen MR) is 69.3 cm³/mol. The van der Waals surface area contributed by atoms with Gasteiger partial charge in [-0.05, 0) is 25.3 Å². The Bertz CT molecular complexity index is 436. The second-order valence-corrected chi connectivity index (χ2v) is 5.14. The monoisotopic (exact) mass is 248 g/mol. The maximum Gasteiger partial charge on any atom is 0.127 e.